The molecule has 8 heteroatoms. The summed E-state index contributed by atoms with van der Waals surface area (Å²) < 4.78 is 26.4. The van der Waals surface area contributed by atoms with Gasteiger partial charge in [0.25, 0.3) is 0 Å². The molecule has 0 aliphatic rings. The predicted molar refractivity (Wildman–Crippen MR) is 81.1 cm³/mol. The van der Waals surface area contributed by atoms with Crippen molar-refractivity contribution >= 4 is 21.4 Å². The fourth-order valence-electron chi connectivity index (χ4n) is 1.74. The number of hydrogen-bond donors (Lipinski definition) is 3. The van der Waals surface area contributed by atoms with E-state index < -0.39 is 10.0 Å². The van der Waals surface area contributed by atoms with Crippen LogP contribution in [0.2, 0.25) is 0 Å². The van der Waals surface area contributed by atoms with Crippen LogP contribution in [-0.4, -0.2) is 24.9 Å². The molecule has 0 aliphatic heterocycles. The second-order valence-electron chi connectivity index (χ2n) is 4.30. The summed E-state index contributed by atoms with van der Waals surface area (Å²) in [6.45, 7) is 2.48. The molecular weight excluding hydrogens is 290 g/mol. The standard InChI is InChI=1S/C13H17N5O2S/c1-2-18-21(19,20)11-3-4-12(14)13(7-11)16-8-10-5-6-15-9-17-10/h3-7,9,16,18H,2,8,14H2,1H3. The molecule has 2 aromatic rings. The van der Waals surface area contributed by atoms with Gasteiger partial charge >= 0.3 is 0 Å². The first-order valence-electron chi connectivity index (χ1n) is 6.41. The summed E-state index contributed by atoms with van der Waals surface area (Å²) in [5.74, 6) is 0. The van der Waals surface area contributed by atoms with Gasteiger partial charge in [-0.3, -0.25) is 0 Å². The minimum absolute atomic E-state index is 0.170. The maximum Gasteiger partial charge on any atom is 0.240 e. The highest BCUT2D eigenvalue weighted by atomic mass is 32.2. The summed E-state index contributed by atoms with van der Waals surface area (Å²) in [4.78, 5) is 8.08. The van der Waals surface area contributed by atoms with E-state index >= 15 is 0 Å². The molecule has 0 atom stereocenters. The number of benzene rings is 1. The van der Waals surface area contributed by atoms with Crippen LogP contribution >= 0.6 is 0 Å². The van der Waals surface area contributed by atoms with E-state index in [9.17, 15) is 8.42 Å². The first-order valence-corrected chi connectivity index (χ1v) is 7.89. The van der Waals surface area contributed by atoms with Crippen LogP contribution in [0.5, 0.6) is 0 Å². The topological polar surface area (TPSA) is 110 Å². The van der Waals surface area contributed by atoms with Crippen molar-refractivity contribution in [3.05, 3.63) is 42.5 Å². The van der Waals surface area contributed by atoms with E-state index in [4.69, 9.17) is 5.73 Å². The van der Waals surface area contributed by atoms with Gasteiger partial charge in [-0.1, -0.05) is 6.92 Å². The van der Waals surface area contributed by atoms with Gasteiger partial charge < -0.3 is 11.1 Å². The second-order valence-corrected chi connectivity index (χ2v) is 6.07. The first kappa shape index (κ1) is 15.2. The maximum absolute atomic E-state index is 12.0. The molecule has 0 bridgehead atoms. The number of aromatic nitrogens is 2. The lowest BCUT2D eigenvalue weighted by atomic mass is 10.2. The molecule has 0 radical (unpaired) electrons. The van der Waals surface area contributed by atoms with Gasteiger partial charge in [0.15, 0.2) is 0 Å². The number of nitrogens with two attached hydrogens (primary N) is 1. The van der Waals surface area contributed by atoms with Gasteiger partial charge in [-0.15, -0.1) is 0 Å². The van der Waals surface area contributed by atoms with Gasteiger partial charge in [-0.05, 0) is 24.3 Å². The summed E-state index contributed by atoms with van der Waals surface area (Å²) in [6, 6.07) is 6.31. The molecule has 0 spiro atoms. The van der Waals surface area contributed by atoms with E-state index in [1.165, 1.54) is 18.5 Å². The van der Waals surface area contributed by atoms with Crippen molar-refractivity contribution in [3.63, 3.8) is 0 Å². The highest BCUT2D eigenvalue weighted by molar-refractivity contribution is 7.89. The van der Waals surface area contributed by atoms with Crippen molar-refractivity contribution in [2.75, 3.05) is 17.6 Å². The molecule has 0 aliphatic carbocycles. The quantitative estimate of drug-likeness (QED) is 0.686. The highest BCUT2D eigenvalue weighted by Crippen LogP contribution is 2.23. The molecule has 1 aromatic heterocycles. The number of sulfonamides is 1. The van der Waals surface area contributed by atoms with Crippen molar-refractivity contribution in [1.82, 2.24) is 14.7 Å². The average molecular weight is 307 g/mol. The Morgan fingerprint density at radius 1 is 1.29 bits per heavy atom. The van der Waals surface area contributed by atoms with Gasteiger partial charge in [0, 0.05) is 12.7 Å². The van der Waals surface area contributed by atoms with Gasteiger partial charge in [0.05, 0.1) is 28.5 Å². The number of nitrogen functional groups attached to an aromatic ring is 1. The Labute approximate surface area is 123 Å². The van der Waals surface area contributed by atoms with E-state index in [0.29, 0.717) is 24.5 Å². The Kier molecular flexibility index (Phi) is 4.71. The lowest BCUT2D eigenvalue weighted by molar-refractivity contribution is 0.584. The Morgan fingerprint density at radius 3 is 2.76 bits per heavy atom. The molecule has 112 valence electrons. The van der Waals surface area contributed by atoms with Gasteiger partial charge in [-0.25, -0.2) is 23.1 Å². The zero-order chi connectivity index (χ0) is 15.3. The summed E-state index contributed by atoms with van der Waals surface area (Å²) in [5, 5.41) is 3.08. The summed E-state index contributed by atoms with van der Waals surface area (Å²) >= 11 is 0. The molecule has 0 unspecified atom stereocenters. The maximum atomic E-state index is 12.0. The first-order chi connectivity index (χ1) is 10.0. The van der Waals surface area contributed by atoms with Crippen LogP contribution < -0.4 is 15.8 Å². The lowest BCUT2D eigenvalue weighted by Gasteiger charge is -2.11. The fraction of sp³-hybridized carbons (Fsp3) is 0.231. The van der Waals surface area contributed by atoms with Crippen molar-refractivity contribution in [3.8, 4) is 0 Å². The van der Waals surface area contributed by atoms with Crippen LogP contribution in [0.1, 0.15) is 12.6 Å². The molecule has 0 saturated carbocycles. The summed E-state index contributed by atoms with van der Waals surface area (Å²) in [5.41, 5.74) is 7.66. The van der Waals surface area contributed by atoms with Crippen molar-refractivity contribution < 1.29 is 8.42 Å². The smallest absolute Gasteiger partial charge is 0.240 e. The number of rotatable bonds is 6. The molecule has 0 fully saturated rings. The van der Waals surface area contributed by atoms with Crippen molar-refractivity contribution in [1.29, 1.82) is 0 Å². The summed E-state index contributed by atoms with van der Waals surface area (Å²) in [7, 11) is -3.50. The fourth-order valence-corrected chi connectivity index (χ4v) is 2.80. The molecule has 0 amide bonds. The van der Waals surface area contributed by atoms with Crippen LogP contribution in [0, 0.1) is 0 Å². The number of anilines is 2. The lowest BCUT2D eigenvalue weighted by Crippen LogP contribution is -2.23. The monoisotopic (exact) mass is 307 g/mol. The Bertz CT molecular complexity index is 704. The van der Waals surface area contributed by atoms with Gasteiger partial charge in [0.1, 0.15) is 6.33 Å². The third-order valence-electron chi connectivity index (χ3n) is 2.77. The minimum Gasteiger partial charge on any atom is -0.397 e. The van der Waals surface area contributed by atoms with E-state index in [1.54, 1.807) is 25.3 Å². The third-order valence-corrected chi connectivity index (χ3v) is 4.32. The number of nitrogens with one attached hydrogen (secondary N) is 2. The molecule has 7 nitrogen and oxygen atoms in total. The van der Waals surface area contributed by atoms with E-state index in [-0.39, 0.29) is 4.90 Å². The van der Waals surface area contributed by atoms with Crippen molar-refractivity contribution in [2.24, 2.45) is 0 Å². The van der Waals surface area contributed by atoms with Crippen LogP contribution in [-0.2, 0) is 16.6 Å². The molecule has 2 rings (SSSR count). The van der Waals surface area contributed by atoms with Crippen LogP contribution in [0.15, 0.2) is 41.7 Å². The van der Waals surface area contributed by atoms with E-state index in [2.05, 4.69) is 20.0 Å². The van der Waals surface area contributed by atoms with Gasteiger partial charge in [0.2, 0.25) is 10.0 Å². The van der Waals surface area contributed by atoms with Crippen LogP contribution in [0.3, 0.4) is 0 Å². The molecule has 0 saturated heterocycles. The number of hydrogen-bond acceptors (Lipinski definition) is 6. The zero-order valence-electron chi connectivity index (χ0n) is 11.6. The Hall–Kier alpha value is -2.19. The van der Waals surface area contributed by atoms with Gasteiger partial charge in [-0.2, -0.15) is 0 Å². The van der Waals surface area contributed by atoms with E-state index in [0.717, 1.165) is 5.69 Å². The number of nitrogens with zero attached hydrogens (tertiary/aromatic N) is 2. The molecule has 1 heterocycles. The molecule has 4 N–H and O–H groups in total. The largest absolute Gasteiger partial charge is 0.397 e. The Morgan fingerprint density at radius 2 is 2.10 bits per heavy atom. The Balaban J connectivity index is 2.20. The highest BCUT2D eigenvalue weighted by Gasteiger charge is 2.14. The predicted octanol–water partition coefficient (Wildman–Crippen LogP) is 0.969. The normalized spacial score (nSPS) is 11.3. The minimum atomic E-state index is -3.50. The third kappa shape index (κ3) is 3.89. The van der Waals surface area contributed by atoms with Crippen LogP contribution in [0.25, 0.3) is 0 Å². The molecule has 1 aromatic carbocycles. The molecular formula is C13H17N5O2S. The zero-order valence-corrected chi connectivity index (χ0v) is 12.4. The summed E-state index contributed by atoms with van der Waals surface area (Å²) in [6.07, 6.45) is 3.09. The average Bonchev–Trinajstić information content (AvgIpc) is 2.47. The second kappa shape index (κ2) is 6.51. The van der Waals surface area contributed by atoms with Crippen molar-refractivity contribution in [2.45, 2.75) is 18.4 Å². The molecule has 21 heavy (non-hydrogen) atoms. The van der Waals surface area contributed by atoms with E-state index in [1.807, 2.05) is 0 Å². The van der Waals surface area contributed by atoms with Crippen LogP contribution in [0.4, 0.5) is 11.4 Å². The SMILES string of the molecule is CCNS(=O)(=O)c1ccc(N)c(NCc2ccncn2)c1.